The molecule has 1 fully saturated rings. The van der Waals surface area contributed by atoms with E-state index >= 15 is 0 Å². The van der Waals surface area contributed by atoms with Gasteiger partial charge in [-0.25, -0.2) is 8.93 Å². The van der Waals surface area contributed by atoms with Crippen LogP contribution in [0.25, 0.3) is 0 Å². The van der Waals surface area contributed by atoms with Crippen molar-refractivity contribution >= 4 is 11.3 Å². The van der Waals surface area contributed by atoms with Gasteiger partial charge >= 0.3 is 0 Å². The average molecular weight is 177 g/mol. The van der Waals surface area contributed by atoms with E-state index in [1.54, 1.807) is 0 Å². The van der Waals surface area contributed by atoms with Gasteiger partial charge in [-0.3, -0.25) is 4.55 Å². The van der Waals surface area contributed by atoms with E-state index in [-0.39, 0.29) is 0 Å². The molecule has 0 bridgehead atoms. The van der Waals surface area contributed by atoms with Gasteiger partial charge in [0.1, 0.15) is 0 Å². The third-order valence-electron chi connectivity index (χ3n) is 2.25. The summed E-state index contributed by atoms with van der Waals surface area (Å²) in [5, 5.41) is 0. The quantitative estimate of drug-likeness (QED) is 0.636. The molecule has 2 N–H and O–H groups in total. The average Bonchev–Trinajstić information content (AvgIpc) is 2.39. The molecule has 11 heavy (non-hydrogen) atoms. The van der Waals surface area contributed by atoms with Gasteiger partial charge in [-0.1, -0.05) is 25.7 Å². The molecule has 1 rings (SSSR count). The molecule has 1 saturated carbocycles. The van der Waals surface area contributed by atoms with Gasteiger partial charge < -0.3 is 0 Å². The fraction of sp³-hybridized carbons (Fsp3) is 1.00. The van der Waals surface area contributed by atoms with Crippen LogP contribution in [0.2, 0.25) is 0 Å². The van der Waals surface area contributed by atoms with Crippen molar-refractivity contribution in [1.82, 2.24) is 4.72 Å². The Labute approximate surface area is 70.0 Å². The van der Waals surface area contributed by atoms with Crippen molar-refractivity contribution in [1.29, 1.82) is 0 Å². The second-order valence-corrected chi connectivity index (χ2v) is 3.87. The minimum Gasteiger partial charge on any atom is -0.294 e. The van der Waals surface area contributed by atoms with E-state index in [0.717, 1.165) is 12.3 Å². The Morgan fingerprint density at radius 2 is 2.09 bits per heavy atom. The lowest BCUT2D eigenvalue weighted by molar-refractivity contribution is 0.490. The molecule has 1 aliphatic carbocycles. The predicted molar refractivity (Wildman–Crippen MR) is 45.3 cm³/mol. The first-order valence-electron chi connectivity index (χ1n) is 4.13. The maximum absolute atomic E-state index is 10.2. The lowest BCUT2D eigenvalue weighted by atomic mass is 10.1. The normalized spacial score (nSPS) is 22.3. The summed E-state index contributed by atoms with van der Waals surface area (Å²) in [5.74, 6) is 0.797. The first-order chi connectivity index (χ1) is 5.29. The highest BCUT2D eigenvalue weighted by Gasteiger charge is 2.13. The van der Waals surface area contributed by atoms with E-state index in [0.29, 0.717) is 6.54 Å². The van der Waals surface area contributed by atoms with Gasteiger partial charge in [0.25, 0.3) is 0 Å². The second-order valence-electron chi connectivity index (χ2n) is 3.08. The molecule has 0 aromatic heterocycles. The largest absolute Gasteiger partial charge is 0.294 e. The number of nitrogens with one attached hydrogen (secondary N) is 1. The van der Waals surface area contributed by atoms with Gasteiger partial charge in [0, 0.05) is 6.54 Å². The van der Waals surface area contributed by atoms with Crippen molar-refractivity contribution in [2.24, 2.45) is 5.92 Å². The Balaban J connectivity index is 1.98. The Hall–Kier alpha value is 0.0700. The summed E-state index contributed by atoms with van der Waals surface area (Å²) in [4.78, 5) is 0. The van der Waals surface area contributed by atoms with Gasteiger partial charge in [0.05, 0.1) is 0 Å². The summed E-state index contributed by atoms with van der Waals surface area (Å²) in [6, 6.07) is 0. The fourth-order valence-electron chi connectivity index (χ4n) is 1.65. The third-order valence-corrected chi connectivity index (χ3v) is 2.70. The summed E-state index contributed by atoms with van der Waals surface area (Å²) in [7, 11) is 0. The van der Waals surface area contributed by atoms with Crippen LogP contribution >= 0.6 is 0 Å². The van der Waals surface area contributed by atoms with E-state index in [1.165, 1.54) is 25.7 Å². The van der Waals surface area contributed by atoms with Gasteiger partial charge in [-0.15, -0.1) is 0 Å². The molecule has 1 atom stereocenters. The molecule has 66 valence electrons. The Bertz CT molecular complexity index is 134. The monoisotopic (exact) mass is 177 g/mol. The SMILES string of the molecule is O=S(O)NCCC1CCCC1. The molecule has 0 spiro atoms. The maximum Gasteiger partial charge on any atom is 0.231 e. The highest BCUT2D eigenvalue weighted by atomic mass is 32.2. The summed E-state index contributed by atoms with van der Waals surface area (Å²) < 4.78 is 21.1. The molecule has 0 aromatic carbocycles. The number of hydrogen-bond acceptors (Lipinski definition) is 1. The van der Waals surface area contributed by atoms with Gasteiger partial charge in [0.2, 0.25) is 11.3 Å². The van der Waals surface area contributed by atoms with Crippen LogP contribution in [0.15, 0.2) is 0 Å². The van der Waals surface area contributed by atoms with Gasteiger partial charge in [0.15, 0.2) is 0 Å². The molecule has 1 aliphatic rings. The topological polar surface area (TPSA) is 49.3 Å². The summed E-state index contributed by atoms with van der Waals surface area (Å²) in [5.41, 5.74) is 0. The van der Waals surface area contributed by atoms with E-state index in [2.05, 4.69) is 4.72 Å². The highest BCUT2D eigenvalue weighted by Crippen LogP contribution is 2.26. The maximum atomic E-state index is 10.2. The van der Waals surface area contributed by atoms with E-state index in [1.807, 2.05) is 0 Å². The Morgan fingerprint density at radius 1 is 1.45 bits per heavy atom. The molecule has 0 aromatic rings. The van der Waals surface area contributed by atoms with Crippen molar-refractivity contribution < 1.29 is 8.76 Å². The minimum atomic E-state index is -1.82. The lowest BCUT2D eigenvalue weighted by Gasteiger charge is -2.06. The molecule has 0 aliphatic heterocycles. The van der Waals surface area contributed by atoms with Crippen LogP contribution in [0.1, 0.15) is 32.1 Å². The predicted octanol–water partition coefficient (Wildman–Crippen LogP) is 1.29. The zero-order valence-corrected chi connectivity index (χ0v) is 7.40. The molecule has 0 saturated heterocycles. The zero-order valence-electron chi connectivity index (χ0n) is 6.58. The lowest BCUT2D eigenvalue weighted by Crippen LogP contribution is -2.19. The van der Waals surface area contributed by atoms with Crippen LogP contribution in [0, 0.1) is 5.92 Å². The first-order valence-corrected chi connectivity index (χ1v) is 5.24. The van der Waals surface area contributed by atoms with Crippen LogP contribution in [-0.4, -0.2) is 15.3 Å². The van der Waals surface area contributed by atoms with Gasteiger partial charge in [-0.05, 0) is 12.3 Å². The molecule has 3 nitrogen and oxygen atoms in total. The van der Waals surface area contributed by atoms with E-state index in [9.17, 15) is 4.21 Å². The van der Waals surface area contributed by atoms with Crippen LogP contribution in [0.4, 0.5) is 0 Å². The van der Waals surface area contributed by atoms with Crippen molar-refractivity contribution in [2.75, 3.05) is 6.54 Å². The summed E-state index contributed by atoms with van der Waals surface area (Å²) in [6.07, 6.45) is 6.34. The highest BCUT2D eigenvalue weighted by molar-refractivity contribution is 7.77. The smallest absolute Gasteiger partial charge is 0.231 e. The number of hydrogen-bond donors (Lipinski definition) is 2. The summed E-state index contributed by atoms with van der Waals surface area (Å²) in [6.45, 7) is 0.674. The van der Waals surface area contributed by atoms with Gasteiger partial charge in [-0.2, -0.15) is 0 Å². The molecular weight excluding hydrogens is 162 g/mol. The molecule has 0 amide bonds. The standard InChI is InChI=1S/C7H15NO2S/c9-11(10)8-6-5-7-3-1-2-4-7/h7-8H,1-6H2,(H,9,10). The molecule has 4 heteroatoms. The third kappa shape index (κ3) is 3.84. The fourth-order valence-corrected chi connectivity index (χ4v) is 1.94. The molecule has 0 heterocycles. The molecular formula is C7H15NO2S. The van der Waals surface area contributed by atoms with Crippen LogP contribution < -0.4 is 4.72 Å². The summed E-state index contributed by atoms with van der Waals surface area (Å²) >= 11 is -1.82. The van der Waals surface area contributed by atoms with Crippen LogP contribution in [-0.2, 0) is 11.3 Å². The van der Waals surface area contributed by atoms with E-state index in [4.69, 9.17) is 4.55 Å². The van der Waals surface area contributed by atoms with Crippen LogP contribution in [0.5, 0.6) is 0 Å². The van der Waals surface area contributed by atoms with Crippen LogP contribution in [0.3, 0.4) is 0 Å². The minimum absolute atomic E-state index is 0.674. The zero-order chi connectivity index (χ0) is 8.10. The van der Waals surface area contributed by atoms with Crippen molar-refractivity contribution in [3.05, 3.63) is 0 Å². The van der Waals surface area contributed by atoms with Crippen molar-refractivity contribution in [3.63, 3.8) is 0 Å². The molecule has 0 radical (unpaired) electrons. The second kappa shape index (κ2) is 4.85. The molecule has 1 unspecified atom stereocenters. The Kier molecular flexibility index (Phi) is 4.04. The van der Waals surface area contributed by atoms with Crippen molar-refractivity contribution in [2.45, 2.75) is 32.1 Å². The number of rotatable bonds is 4. The van der Waals surface area contributed by atoms with E-state index < -0.39 is 11.3 Å². The first kappa shape index (κ1) is 9.16. The Morgan fingerprint density at radius 3 is 2.64 bits per heavy atom. The van der Waals surface area contributed by atoms with Crippen molar-refractivity contribution in [3.8, 4) is 0 Å².